The molecule has 0 aliphatic heterocycles. The Kier molecular flexibility index (Phi) is 2.68. The Hall–Kier alpha value is -2.40. The molecule has 19 heavy (non-hydrogen) atoms. The van der Waals surface area contributed by atoms with E-state index in [2.05, 4.69) is 9.97 Å². The zero-order valence-corrected chi connectivity index (χ0v) is 10.4. The molecule has 5 nitrogen and oxygen atoms in total. The maximum Gasteiger partial charge on any atom is 0.335 e. The molecular formula is C13H8ClN3O2. The van der Waals surface area contributed by atoms with Crippen LogP contribution in [0, 0.1) is 0 Å². The maximum absolute atomic E-state index is 10.8. The maximum atomic E-state index is 10.8. The monoisotopic (exact) mass is 273 g/mol. The van der Waals surface area contributed by atoms with Gasteiger partial charge in [0.25, 0.3) is 0 Å². The van der Waals surface area contributed by atoms with Crippen LogP contribution in [-0.4, -0.2) is 25.4 Å². The first-order valence-corrected chi connectivity index (χ1v) is 5.85. The Bertz CT molecular complexity index is 765. The fraction of sp³-hybridized carbons (Fsp3) is 0. The summed E-state index contributed by atoms with van der Waals surface area (Å²) in [6, 6.07) is 6.52. The van der Waals surface area contributed by atoms with Gasteiger partial charge in [0.15, 0.2) is 0 Å². The second-order valence-electron chi connectivity index (χ2n) is 3.97. The van der Waals surface area contributed by atoms with Crippen molar-refractivity contribution in [1.29, 1.82) is 0 Å². The fourth-order valence-electron chi connectivity index (χ4n) is 1.85. The average molecular weight is 274 g/mol. The molecule has 2 aromatic heterocycles. The number of fused-ring (bicyclic) bond motifs is 1. The van der Waals surface area contributed by atoms with Gasteiger partial charge in [-0.2, -0.15) is 0 Å². The molecule has 0 saturated heterocycles. The molecule has 3 rings (SSSR count). The summed E-state index contributed by atoms with van der Waals surface area (Å²) < 4.78 is 1.81. The summed E-state index contributed by atoms with van der Waals surface area (Å²) in [5.41, 5.74) is 1.87. The van der Waals surface area contributed by atoms with Crippen molar-refractivity contribution >= 4 is 23.1 Å². The number of carboxylic acids is 1. The first kappa shape index (κ1) is 11.7. The summed E-state index contributed by atoms with van der Waals surface area (Å²) in [6.07, 6.45) is 4.98. The largest absolute Gasteiger partial charge is 0.478 e. The molecule has 0 amide bonds. The van der Waals surface area contributed by atoms with Crippen LogP contribution in [0.1, 0.15) is 10.4 Å². The second-order valence-corrected chi connectivity index (χ2v) is 4.36. The lowest BCUT2D eigenvalue weighted by atomic mass is 10.1. The molecule has 0 aliphatic rings. The van der Waals surface area contributed by atoms with Gasteiger partial charge in [-0.1, -0.05) is 23.7 Å². The fourth-order valence-corrected chi connectivity index (χ4v) is 1.99. The Morgan fingerprint density at radius 1 is 1.16 bits per heavy atom. The SMILES string of the molecule is O=C(O)c1ccc(-c2ncc3cnc(Cl)cn23)cc1. The lowest BCUT2D eigenvalue weighted by molar-refractivity contribution is 0.0697. The third kappa shape index (κ3) is 2.04. The van der Waals surface area contributed by atoms with E-state index in [0.717, 1.165) is 11.1 Å². The molecule has 2 heterocycles. The minimum atomic E-state index is -0.952. The molecule has 3 aromatic rings. The van der Waals surface area contributed by atoms with Gasteiger partial charge < -0.3 is 5.11 Å². The molecular weight excluding hydrogens is 266 g/mol. The molecule has 0 saturated carbocycles. The molecule has 94 valence electrons. The van der Waals surface area contributed by atoms with E-state index in [1.807, 2.05) is 4.40 Å². The quantitative estimate of drug-likeness (QED) is 0.779. The summed E-state index contributed by atoms with van der Waals surface area (Å²) in [6.45, 7) is 0. The summed E-state index contributed by atoms with van der Waals surface area (Å²) in [5.74, 6) is -0.261. The van der Waals surface area contributed by atoms with Crippen LogP contribution in [0.3, 0.4) is 0 Å². The molecule has 0 spiro atoms. The summed E-state index contributed by atoms with van der Waals surface area (Å²) in [4.78, 5) is 19.1. The number of hydrogen-bond acceptors (Lipinski definition) is 3. The summed E-state index contributed by atoms with van der Waals surface area (Å²) in [5, 5.41) is 9.24. The highest BCUT2D eigenvalue weighted by Crippen LogP contribution is 2.21. The van der Waals surface area contributed by atoms with Gasteiger partial charge in [-0.05, 0) is 12.1 Å². The van der Waals surface area contributed by atoms with E-state index >= 15 is 0 Å². The van der Waals surface area contributed by atoms with Gasteiger partial charge in [0.1, 0.15) is 11.0 Å². The van der Waals surface area contributed by atoms with Crippen molar-refractivity contribution in [3.8, 4) is 11.4 Å². The van der Waals surface area contributed by atoms with Crippen LogP contribution in [0.15, 0.2) is 42.9 Å². The minimum Gasteiger partial charge on any atom is -0.478 e. The highest BCUT2D eigenvalue weighted by molar-refractivity contribution is 6.29. The zero-order valence-electron chi connectivity index (χ0n) is 9.62. The topological polar surface area (TPSA) is 67.5 Å². The van der Waals surface area contributed by atoms with Crippen LogP contribution in [0.4, 0.5) is 0 Å². The van der Waals surface area contributed by atoms with Crippen molar-refractivity contribution in [2.45, 2.75) is 0 Å². The number of halogens is 1. The van der Waals surface area contributed by atoms with E-state index in [0.29, 0.717) is 11.0 Å². The molecule has 0 radical (unpaired) electrons. The number of aromatic carboxylic acids is 1. The van der Waals surface area contributed by atoms with E-state index in [-0.39, 0.29) is 5.56 Å². The summed E-state index contributed by atoms with van der Waals surface area (Å²) in [7, 11) is 0. The van der Waals surface area contributed by atoms with E-state index in [4.69, 9.17) is 16.7 Å². The number of aromatic nitrogens is 3. The highest BCUT2D eigenvalue weighted by atomic mass is 35.5. The normalized spacial score (nSPS) is 10.8. The van der Waals surface area contributed by atoms with Gasteiger partial charge >= 0.3 is 5.97 Å². The molecule has 6 heteroatoms. The third-order valence-electron chi connectivity index (χ3n) is 2.77. The third-order valence-corrected chi connectivity index (χ3v) is 2.97. The van der Waals surface area contributed by atoms with Crippen molar-refractivity contribution < 1.29 is 9.90 Å². The molecule has 1 N–H and O–H groups in total. The van der Waals surface area contributed by atoms with Gasteiger partial charge in [-0.15, -0.1) is 0 Å². The van der Waals surface area contributed by atoms with Gasteiger partial charge in [0.2, 0.25) is 0 Å². The van der Waals surface area contributed by atoms with Crippen molar-refractivity contribution in [2.75, 3.05) is 0 Å². The Morgan fingerprint density at radius 2 is 1.84 bits per heavy atom. The molecule has 0 aliphatic carbocycles. The Labute approximate surface area is 113 Å². The number of benzene rings is 1. The number of carboxylic acid groups (broad SMARTS) is 1. The van der Waals surface area contributed by atoms with Crippen molar-refractivity contribution in [3.63, 3.8) is 0 Å². The summed E-state index contributed by atoms with van der Waals surface area (Å²) >= 11 is 5.86. The van der Waals surface area contributed by atoms with Crippen LogP contribution in [-0.2, 0) is 0 Å². The number of imidazole rings is 1. The first-order valence-electron chi connectivity index (χ1n) is 5.47. The minimum absolute atomic E-state index is 0.240. The highest BCUT2D eigenvalue weighted by Gasteiger charge is 2.08. The second kappa shape index (κ2) is 4.37. The zero-order chi connectivity index (χ0) is 13.4. The predicted octanol–water partition coefficient (Wildman–Crippen LogP) is 2.75. The smallest absolute Gasteiger partial charge is 0.335 e. The lowest BCUT2D eigenvalue weighted by Gasteiger charge is -2.02. The van der Waals surface area contributed by atoms with E-state index in [1.54, 1.807) is 42.9 Å². The molecule has 0 fully saturated rings. The first-order chi connectivity index (χ1) is 9.15. The van der Waals surface area contributed by atoms with Crippen LogP contribution in [0.2, 0.25) is 5.15 Å². The molecule has 1 aromatic carbocycles. The van der Waals surface area contributed by atoms with E-state index in [9.17, 15) is 4.79 Å². The number of nitrogens with zero attached hydrogens (tertiary/aromatic N) is 3. The Balaban J connectivity index is 2.13. The van der Waals surface area contributed by atoms with Crippen LogP contribution in [0.25, 0.3) is 16.9 Å². The average Bonchev–Trinajstić information content (AvgIpc) is 2.81. The van der Waals surface area contributed by atoms with Crippen LogP contribution in [0.5, 0.6) is 0 Å². The van der Waals surface area contributed by atoms with Crippen LogP contribution >= 0.6 is 11.6 Å². The number of rotatable bonds is 2. The van der Waals surface area contributed by atoms with Gasteiger partial charge in [0, 0.05) is 11.8 Å². The van der Waals surface area contributed by atoms with Gasteiger partial charge in [-0.3, -0.25) is 4.40 Å². The van der Waals surface area contributed by atoms with Crippen molar-refractivity contribution in [2.24, 2.45) is 0 Å². The number of hydrogen-bond donors (Lipinski definition) is 1. The Morgan fingerprint density at radius 3 is 2.53 bits per heavy atom. The molecule has 0 unspecified atom stereocenters. The van der Waals surface area contributed by atoms with Crippen molar-refractivity contribution in [3.05, 3.63) is 53.6 Å². The van der Waals surface area contributed by atoms with E-state index in [1.165, 1.54) is 0 Å². The number of carbonyl (C=O) groups is 1. The molecule has 0 bridgehead atoms. The van der Waals surface area contributed by atoms with Gasteiger partial charge in [0.05, 0.1) is 23.5 Å². The van der Waals surface area contributed by atoms with Gasteiger partial charge in [-0.25, -0.2) is 14.8 Å². The standard InChI is InChI=1S/C13H8ClN3O2/c14-11-7-17-10(5-15-11)6-16-12(17)8-1-3-9(4-2-8)13(18)19/h1-7H,(H,18,19). The molecule has 0 atom stereocenters. The van der Waals surface area contributed by atoms with E-state index < -0.39 is 5.97 Å². The lowest BCUT2D eigenvalue weighted by Crippen LogP contribution is -1.96. The van der Waals surface area contributed by atoms with Crippen LogP contribution < -0.4 is 0 Å². The predicted molar refractivity (Wildman–Crippen MR) is 70.4 cm³/mol. The van der Waals surface area contributed by atoms with Crippen molar-refractivity contribution in [1.82, 2.24) is 14.4 Å².